The number of carbonyl (C=O) groups is 1. The molecule has 0 saturated heterocycles. The molecule has 0 spiro atoms. The number of aromatic carboxylic acids is 1. The molecule has 3 rings (SSSR count). The summed E-state index contributed by atoms with van der Waals surface area (Å²) in [5.41, 5.74) is 3.18. The Hall–Kier alpha value is -2.62. The zero-order chi connectivity index (χ0) is 15.0. The van der Waals surface area contributed by atoms with E-state index in [1.807, 2.05) is 23.8 Å². The number of benzene rings is 2. The van der Waals surface area contributed by atoms with Crippen LogP contribution in [0.5, 0.6) is 0 Å². The number of fused-ring (bicyclic) bond motifs is 1. The van der Waals surface area contributed by atoms with Gasteiger partial charge in [0.05, 0.1) is 5.56 Å². The first kappa shape index (κ1) is 13.4. The van der Waals surface area contributed by atoms with Crippen LogP contribution < -0.4 is 0 Å². The Labute approximate surface area is 121 Å². The monoisotopic (exact) mass is 283 g/mol. The van der Waals surface area contributed by atoms with Gasteiger partial charge in [-0.3, -0.25) is 0 Å². The number of nitrogens with zero attached hydrogens (tertiary/aromatic N) is 1. The van der Waals surface area contributed by atoms with E-state index in [1.54, 1.807) is 24.3 Å². The quantitative estimate of drug-likeness (QED) is 0.793. The van der Waals surface area contributed by atoms with Crippen LogP contribution >= 0.6 is 0 Å². The van der Waals surface area contributed by atoms with Crippen molar-refractivity contribution in [2.75, 3.05) is 0 Å². The summed E-state index contributed by atoms with van der Waals surface area (Å²) in [5.74, 6) is -1.17. The maximum atomic E-state index is 13.1. The first-order valence-electron chi connectivity index (χ1n) is 6.62. The molecule has 3 nitrogen and oxygen atoms in total. The summed E-state index contributed by atoms with van der Waals surface area (Å²) in [6, 6.07) is 11.7. The normalized spacial score (nSPS) is 11.0. The number of aromatic nitrogens is 1. The number of carboxylic acid groups (broad SMARTS) is 1. The van der Waals surface area contributed by atoms with E-state index in [0.29, 0.717) is 6.54 Å². The molecule has 0 fully saturated rings. The number of hydrogen-bond acceptors (Lipinski definition) is 1. The minimum atomic E-state index is -0.931. The van der Waals surface area contributed by atoms with E-state index in [-0.39, 0.29) is 11.4 Å². The summed E-state index contributed by atoms with van der Waals surface area (Å²) < 4.78 is 15.2. The second kappa shape index (κ2) is 5.05. The van der Waals surface area contributed by atoms with Crippen molar-refractivity contribution in [2.24, 2.45) is 0 Å². The summed E-state index contributed by atoms with van der Waals surface area (Å²) in [7, 11) is 0. The van der Waals surface area contributed by atoms with Gasteiger partial charge in [-0.2, -0.15) is 0 Å². The highest BCUT2D eigenvalue weighted by atomic mass is 19.1. The van der Waals surface area contributed by atoms with Crippen LogP contribution in [0.2, 0.25) is 0 Å². The van der Waals surface area contributed by atoms with Gasteiger partial charge in [-0.25, -0.2) is 9.18 Å². The molecule has 3 aromatic rings. The van der Waals surface area contributed by atoms with Gasteiger partial charge in [-0.05, 0) is 54.4 Å². The van der Waals surface area contributed by atoms with Gasteiger partial charge in [0.15, 0.2) is 0 Å². The molecule has 0 unspecified atom stereocenters. The van der Waals surface area contributed by atoms with Gasteiger partial charge in [0.2, 0.25) is 0 Å². The summed E-state index contributed by atoms with van der Waals surface area (Å²) >= 11 is 0. The van der Waals surface area contributed by atoms with Crippen LogP contribution in [0.15, 0.2) is 48.7 Å². The van der Waals surface area contributed by atoms with E-state index in [2.05, 4.69) is 0 Å². The van der Waals surface area contributed by atoms with Crippen LogP contribution in [0.4, 0.5) is 4.39 Å². The van der Waals surface area contributed by atoms with E-state index in [0.717, 1.165) is 22.0 Å². The second-order valence-electron chi connectivity index (χ2n) is 5.09. The molecule has 0 radical (unpaired) electrons. The number of hydrogen-bond donors (Lipinski definition) is 1. The summed E-state index contributed by atoms with van der Waals surface area (Å²) in [5, 5.41) is 9.89. The van der Waals surface area contributed by atoms with E-state index < -0.39 is 5.97 Å². The number of carboxylic acids is 1. The summed E-state index contributed by atoms with van der Waals surface area (Å²) in [4.78, 5) is 11.0. The van der Waals surface area contributed by atoms with Gasteiger partial charge in [-0.1, -0.05) is 6.07 Å². The van der Waals surface area contributed by atoms with Crippen LogP contribution in [0.1, 0.15) is 21.5 Å². The summed E-state index contributed by atoms with van der Waals surface area (Å²) in [6.45, 7) is 2.51. The average Bonchev–Trinajstić information content (AvgIpc) is 2.84. The number of rotatable bonds is 3. The average molecular weight is 283 g/mol. The van der Waals surface area contributed by atoms with Crippen molar-refractivity contribution in [3.63, 3.8) is 0 Å². The zero-order valence-electron chi connectivity index (χ0n) is 11.5. The van der Waals surface area contributed by atoms with Crippen LogP contribution in [0, 0.1) is 12.7 Å². The Morgan fingerprint density at radius 2 is 2.00 bits per heavy atom. The SMILES string of the molecule is Cc1cc(F)ccc1Cn1ccc2cc(C(=O)O)ccc21. The standard InChI is InChI=1S/C17H14FNO2/c1-11-8-15(18)4-2-14(11)10-19-7-6-12-9-13(17(20)21)3-5-16(12)19/h2-9H,10H2,1H3,(H,20,21). The van der Waals surface area contributed by atoms with Crippen molar-refractivity contribution in [3.05, 3.63) is 71.2 Å². The van der Waals surface area contributed by atoms with Crippen LogP contribution in [-0.4, -0.2) is 15.6 Å². The third-order valence-electron chi connectivity index (χ3n) is 3.66. The molecule has 0 aliphatic carbocycles. The molecule has 106 valence electrons. The van der Waals surface area contributed by atoms with Crippen molar-refractivity contribution in [2.45, 2.75) is 13.5 Å². The molecule has 0 saturated carbocycles. The molecule has 4 heteroatoms. The van der Waals surface area contributed by atoms with E-state index >= 15 is 0 Å². The Morgan fingerprint density at radius 1 is 1.19 bits per heavy atom. The fraction of sp³-hybridized carbons (Fsp3) is 0.118. The molecule has 1 N–H and O–H groups in total. The maximum Gasteiger partial charge on any atom is 0.335 e. The van der Waals surface area contributed by atoms with Gasteiger partial charge >= 0.3 is 5.97 Å². The van der Waals surface area contributed by atoms with Gasteiger partial charge in [0, 0.05) is 23.6 Å². The molecule has 21 heavy (non-hydrogen) atoms. The van der Waals surface area contributed by atoms with Crippen molar-refractivity contribution in [3.8, 4) is 0 Å². The van der Waals surface area contributed by atoms with Crippen molar-refractivity contribution in [1.82, 2.24) is 4.57 Å². The van der Waals surface area contributed by atoms with Gasteiger partial charge < -0.3 is 9.67 Å². The lowest BCUT2D eigenvalue weighted by Gasteiger charge is -2.09. The lowest BCUT2D eigenvalue weighted by atomic mass is 10.1. The lowest BCUT2D eigenvalue weighted by Crippen LogP contribution is -2.01. The maximum absolute atomic E-state index is 13.1. The number of halogens is 1. The predicted molar refractivity (Wildman–Crippen MR) is 79.1 cm³/mol. The van der Waals surface area contributed by atoms with Crippen molar-refractivity contribution < 1.29 is 14.3 Å². The van der Waals surface area contributed by atoms with Crippen molar-refractivity contribution in [1.29, 1.82) is 0 Å². The minimum absolute atomic E-state index is 0.236. The highest BCUT2D eigenvalue weighted by Gasteiger charge is 2.08. The van der Waals surface area contributed by atoms with Crippen molar-refractivity contribution >= 4 is 16.9 Å². The van der Waals surface area contributed by atoms with Gasteiger partial charge in [-0.15, -0.1) is 0 Å². The third kappa shape index (κ3) is 2.52. The highest BCUT2D eigenvalue weighted by molar-refractivity contribution is 5.93. The highest BCUT2D eigenvalue weighted by Crippen LogP contribution is 2.20. The molecule has 1 aromatic heterocycles. The summed E-state index contributed by atoms with van der Waals surface area (Å²) in [6.07, 6.45) is 1.92. The molecule has 2 aromatic carbocycles. The van der Waals surface area contributed by atoms with Gasteiger partial charge in [0.25, 0.3) is 0 Å². The molecule has 1 heterocycles. The Bertz CT molecular complexity index is 836. The predicted octanol–water partition coefficient (Wildman–Crippen LogP) is 3.84. The van der Waals surface area contributed by atoms with E-state index in [1.165, 1.54) is 12.1 Å². The Morgan fingerprint density at radius 3 is 2.71 bits per heavy atom. The van der Waals surface area contributed by atoms with E-state index in [9.17, 15) is 9.18 Å². The smallest absolute Gasteiger partial charge is 0.335 e. The van der Waals surface area contributed by atoms with Gasteiger partial charge in [0.1, 0.15) is 5.82 Å². The molecule has 0 aliphatic heterocycles. The van der Waals surface area contributed by atoms with E-state index in [4.69, 9.17) is 5.11 Å². The topological polar surface area (TPSA) is 42.2 Å². The zero-order valence-corrected chi connectivity index (χ0v) is 11.5. The molecular weight excluding hydrogens is 269 g/mol. The molecule has 0 aliphatic rings. The fourth-order valence-corrected chi connectivity index (χ4v) is 2.49. The molecule has 0 amide bonds. The van der Waals surface area contributed by atoms with Crippen LogP contribution in [0.25, 0.3) is 10.9 Å². The minimum Gasteiger partial charge on any atom is -0.478 e. The fourth-order valence-electron chi connectivity index (χ4n) is 2.49. The first-order valence-corrected chi connectivity index (χ1v) is 6.62. The lowest BCUT2D eigenvalue weighted by molar-refractivity contribution is 0.0697. The number of aryl methyl sites for hydroxylation is 1. The largest absolute Gasteiger partial charge is 0.478 e. The Balaban J connectivity index is 1.99. The van der Waals surface area contributed by atoms with Crippen LogP contribution in [-0.2, 0) is 6.54 Å². The molecule has 0 bridgehead atoms. The molecular formula is C17H14FNO2. The Kier molecular flexibility index (Phi) is 3.22. The third-order valence-corrected chi connectivity index (χ3v) is 3.66. The molecule has 0 atom stereocenters. The second-order valence-corrected chi connectivity index (χ2v) is 5.09. The first-order chi connectivity index (χ1) is 10.0. The van der Waals surface area contributed by atoms with Crippen LogP contribution in [0.3, 0.4) is 0 Å².